The number of carbonyl (C=O) groups is 2. The Bertz CT molecular complexity index is 596. The summed E-state index contributed by atoms with van der Waals surface area (Å²) in [6, 6.07) is 0. The Balaban J connectivity index is 3.34. The van der Waals surface area contributed by atoms with Crippen LogP contribution in [0, 0.1) is 0 Å². The second kappa shape index (κ2) is 33.6. The minimum atomic E-state index is -0.435. The largest absolute Gasteiger partial charge is 0.355 e. The zero-order valence-corrected chi connectivity index (χ0v) is 26.7. The summed E-state index contributed by atoms with van der Waals surface area (Å²) >= 11 is 0. The van der Waals surface area contributed by atoms with Gasteiger partial charge in [0.25, 0.3) is 0 Å². The summed E-state index contributed by atoms with van der Waals surface area (Å²) < 4.78 is 0. The van der Waals surface area contributed by atoms with Crippen LogP contribution in [0.4, 0.5) is 0 Å². The molecule has 0 saturated heterocycles. The van der Waals surface area contributed by atoms with E-state index in [1.807, 2.05) is 0 Å². The van der Waals surface area contributed by atoms with Gasteiger partial charge in [0.15, 0.2) is 0 Å². The van der Waals surface area contributed by atoms with Gasteiger partial charge in [-0.25, -0.2) is 19.4 Å². The SMILES string of the molecule is CCCCC/C=C/C/C=C/CCCCCCCC(=O)OOC(=O)CCCCCCCCCCCCCCCCC. The Morgan fingerprint density at radius 2 is 0.700 bits per heavy atom. The van der Waals surface area contributed by atoms with Gasteiger partial charge < -0.3 is 0 Å². The van der Waals surface area contributed by atoms with Crippen LogP contribution in [0.15, 0.2) is 24.3 Å². The fourth-order valence-electron chi connectivity index (χ4n) is 4.90. The van der Waals surface area contributed by atoms with Crippen LogP contribution in [0.5, 0.6) is 0 Å². The fraction of sp³-hybridized carbons (Fsp3) is 0.833. The molecule has 0 aliphatic rings. The Hall–Kier alpha value is -1.58. The van der Waals surface area contributed by atoms with Crippen LogP contribution >= 0.6 is 0 Å². The van der Waals surface area contributed by atoms with E-state index in [2.05, 4.69) is 38.2 Å². The third-order valence-electron chi connectivity index (χ3n) is 7.54. The normalized spacial score (nSPS) is 11.6. The highest BCUT2D eigenvalue weighted by Gasteiger charge is 2.09. The van der Waals surface area contributed by atoms with E-state index in [1.165, 1.54) is 116 Å². The summed E-state index contributed by atoms with van der Waals surface area (Å²) in [4.78, 5) is 33.0. The molecule has 0 amide bonds. The second-order valence-electron chi connectivity index (χ2n) is 11.6. The van der Waals surface area contributed by atoms with Crippen LogP contribution in [0.1, 0.15) is 194 Å². The minimum absolute atomic E-state index is 0.316. The third-order valence-corrected chi connectivity index (χ3v) is 7.54. The molecular weight excluding hydrogens is 496 g/mol. The summed E-state index contributed by atoms with van der Waals surface area (Å²) in [7, 11) is 0. The van der Waals surface area contributed by atoms with E-state index in [9.17, 15) is 9.59 Å². The highest BCUT2D eigenvalue weighted by Crippen LogP contribution is 2.14. The van der Waals surface area contributed by atoms with Crippen molar-refractivity contribution >= 4 is 11.9 Å². The lowest BCUT2D eigenvalue weighted by molar-refractivity contribution is -0.259. The number of rotatable bonds is 30. The molecular formula is C36H66O4. The molecule has 0 rings (SSSR count). The number of hydrogen-bond acceptors (Lipinski definition) is 4. The second-order valence-corrected chi connectivity index (χ2v) is 11.6. The molecule has 0 N–H and O–H groups in total. The molecule has 0 bridgehead atoms. The van der Waals surface area contributed by atoms with Gasteiger partial charge in [0.05, 0.1) is 12.8 Å². The molecule has 0 atom stereocenters. The Kier molecular flexibility index (Phi) is 32.3. The van der Waals surface area contributed by atoms with Crippen molar-refractivity contribution in [2.75, 3.05) is 0 Å². The van der Waals surface area contributed by atoms with Gasteiger partial charge in [0.1, 0.15) is 0 Å². The van der Waals surface area contributed by atoms with E-state index in [0.717, 1.165) is 51.4 Å². The predicted molar refractivity (Wildman–Crippen MR) is 171 cm³/mol. The topological polar surface area (TPSA) is 52.6 Å². The summed E-state index contributed by atoms with van der Waals surface area (Å²) in [5, 5.41) is 0. The quantitative estimate of drug-likeness (QED) is 0.0378. The van der Waals surface area contributed by atoms with Gasteiger partial charge in [-0.15, -0.1) is 0 Å². The van der Waals surface area contributed by atoms with Gasteiger partial charge in [-0.1, -0.05) is 160 Å². The van der Waals surface area contributed by atoms with E-state index in [1.54, 1.807) is 0 Å². The molecule has 0 aliphatic carbocycles. The van der Waals surface area contributed by atoms with Crippen molar-refractivity contribution in [1.82, 2.24) is 0 Å². The summed E-state index contributed by atoms with van der Waals surface area (Å²) in [6.45, 7) is 4.51. The van der Waals surface area contributed by atoms with E-state index in [4.69, 9.17) is 9.78 Å². The Labute approximate surface area is 249 Å². The molecule has 0 aliphatic heterocycles. The van der Waals surface area contributed by atoms with Crippen LogP contribution < -0.4 is 0 Å². The van der Waals surface area contributed by atoms with Crippen LogP contribution in [0.2, 0.25) is 0 Å². The molecule has 4 heteroatoms. The molecule has 0 heterocycles. The molecule has 0 radical (unpaired) electrons. The van der Waals surface area contributed by atoms with Crippen LogP contribution in [0.3, 0.4) is 0 Å². The number of unbranched alkanes of at least 4 members (excludes halogenated alkanes) is 22. The first kappa shape index (κ1) is 38.4. The van der Waals surface area contributed by atoms with Crippen molar-refractivity contribution < 1.29 is 19.4 Å². The maximum absolute atomic E-state index is 11.8. The fourth-order valence-corrected chi connectivity index (χ4v) is 4.90. The maximum Gasteiger partial charge on any atom is 0.355 e. The monoisotopic (exact) mass is 562 g/mol. The average molecular weight is 563 g/mol. The van der Waals surface area contributed by atoms with Crippen LogP contribution in [-0.2, 0) is 19.4 Å². The van der Waals surface area contributed by atoms with Gasteiger partial charge in [-0.05, 0) is 44.9 Å². The van der Waals surface area contributed by atoms with Gasteiger partial charge in [0.2, 0.25) is 0 Å². The number of hydrogen-bond donors (Lipinski definition) is 0. The average Bonchev–Trinajstić information content (AvgIpc) is 2.96. The molecule has 0 aromatic rings. The molecule has 0 spiro atoms. The maximum atomic E-state index is 11.8. The standard InChI is InChI=1S/C36H66O4/c1-3-5-7-9-11-13-15-17-19-21-23-25-27-29-31-33-35(37)39-40-36(38)34-32-30-28-26-24-22-20-18-16-14-12-10-8-6-4-2/h11,13,17,19H,3-10,12,14-16,18,20-34H2,1-2H3/b13-11+,19-17+. The van der Waals surface area contributed by atoms with Gasteiger partial charge in [-0.3, -0.25) is 0 Å². The first-order chi connectivity index (χ1) is 19.7. The van der Waals surface area contributed by atoms with E-state index in [0.29, 0.717) is 12.8 Å². The van der Waals surface area contributed by atoms with Gasteiger partial charge in [0, 0.05) is 0 Å². The van der Waals surface area contributed by atoms with Gasteiger partial charge >= 0.3 is 11.9 Å². The third kappa shape index (κ3) is 32.6. The van der Waals surface area contributed by atoms with Gasteiger partial charge in [-0.2, -0.15) is 0 Å². The lowest BCUT2D eigenvalue weighted by Crippen LogP contribution is -2.11. The highest BCUT2D eigenvalue weighted by atomic mass is 17.2. The first-order valence-electron chi connectivity index (χ1n) is 17.4. The lowest BCUT2D eigenvalue weighted by atomic mass is 10.0. The van der Waals surface area contributed by atoms with Crippen molar-refractivity contribution in [2.24, 2.45) is 0 Å². The summed E-state index contributed by atoms with van der Waals surface area (Å²) in [6.07, 6.45) is 41.7. The zero-order valence-electron chi connectivity index (χ0n) is 26.7. The van der Waals surface area contributed by atoms with Crippen molar-refractivity contribution in [2.45, 2.75) is 194 Å². The first-order valence-corrected chi connectivity index (χ1v) is 17.4. The minimum Gasteiger partial charge on any atom is -0.247 e. The smallest absolute Gasteiger partial charge is 0.247 e. The lowest BCUT2D eigenvalue weighted by Gasteiger charge is -2.04. The number of carbonyl (C=O) groups excluding carboxylic acids is 2. The molecule has 40 heavy (non-hydrogen) atoms. The summed E-state index contributed by atoms with van der Waals surface area (Å²) in [5.74, 6) is -0.862. The molecule has 4 nitrogen and oxygen atoms in total. The molecule has 0 fully saturated rings. The van der Waals surface area contributed by atoms with Crippen molar-refractivity contribution in [1.29, 1.82) is 0 Å². The van der Waals surface area contributed by atoms with Crippen molar-refractivity contribution in [3.05, 3.63) is 24.3 Å². The van der Waals surface area contributed by atoms with E-state index < -0.39 is 11.9 Å². The van der Waals surface area contributed by atoms with Crippen molar-refractivity contribution in [3.8, 4) is 0 Å². The Morgan fingerprint density at radius 1 is 0.400 bits per heavy atom. The molecule has 0 aromatic heterocycles. The van der Waals surface area contributed by atoms with Crippen LogP contribution in [0.25, 0.3) is 0 Å². The molecule has 234 valence electrons. The van der Waals surface area contributed by atoms with Crippen molar-refractivity contribution in [3.63, 3.8) is 0 Å². The number of allylic oxidation sites excluding steroid dienone is 4. The summed E-state index contributed by atoms with van der Waals surface area (Å²) in [5.41, 5.74) is 0. The molecule has 0 unspecified atom stereocenters. The van der Waals surface area contributed by atoms with E-state index in [-0.39, 0.29) is 0 Å². The highest BCUT2D eigenvalue weighted by molar-refractivity contribution is 5.72. The Morgan fingerprint density at radius 3 is 1.10 bits per heavy atom. The zero-order chi connectivity index (χ0) is 29.2. The molecule has 0 aromatic carbocycles. The van der Waals surface area contributed by atoms with E-state index >= 15 is 0 Å². The van der Waals surface area contributed by atoms with Crippen LogP contribution in [-0.4, -0.2) is 11.9 Å². The molecule has 0 saturated carbocycles. The predicted octanol–water partition coefficient (Wildman–Crippen LogP) is 12.1.